The number of nitrogen functional groups attached to an aromatic ring is 1. The van der Waals surface area contributed by atoms with Crippen molar-refractivity contribution in [3.63, 3.8) is 0 Å². The van der Waals surface area contributed by atoms with Crippen LogP contribution in [-0.2, 0) is 0 Å². The molecule has 12 heavy (non-hydrogen) atoms. The van der Waals surface area contributed by atoms with Crippen LogP contribution >= 0.6 is 15.9 Å². The number of nitrogens with zero attached hydrogens (tertiary/aromatic N) is 1. The van der Waals surface area contributed by atoms with Crippen LogP contribution in [0.5, 0.6) is 0 Å². The van der Waals surface area contributed by atoms with Crippen molar-refractivity contribution in [2.45, 2.75) is 6.42 Å². The predicted octanol–water partition coefficient (Wildman–Crippen LogP) is 1.80. The molecule has 0 aliphatic carbocycles. The Morgan fingerprint density at radius 1 is 1.58 bits per heavy atom. The number of hydrogen-bond donors (Lipinski definition) is 1. The van der Waals surface area contributed by atoms with Crippen molar-refractivity contribution in [2.75, 3.05) is 11.1 Å². The molecule has 0 atom stereocenters. The van der Waals surface area contributed by atoms with Crippen molar-refractivity contribution in [3.8, 4) is 11.8 Å². The number of anilines is 1. The summed E-state index contributed by atoms with van der Waals surface area (Å²) in [7, 11) is 0. The first-order chi connectivity index (χ1) is 5.84. The number of hydrogen-bond acceptors (Lipinski definition) is 2. The van der Waals surface area contributed by atoms with Crippen molar-refractivity contribution < 1.29 is 0 Å². The zero-order valence-electron chi connectivity index (χ0n) is 6.55. The molecule has 0 aliphatic heterocycles. The molecule has 2 nitrogen and oxygen atoms in total. The van der Waals surface area contributed by atoms with Crippen LogP contribution in [0.2, 0.25) is 0 Å². The van der Waals surface area contributed by atoms with E-state index in [1.54, 1.807) is 18.5 Å². The number of halogens is 1. The first-order valence-corrected chi connectivity index (χ1v) is 4.71. The Kier molecular flexibility index (Phi) is 3.62. The lowest BCUT2D eigenvalue weighted by molar-refractivity contribution is 1.30. The van der Waals surface area contributed by atoms with Crippen LogP contribution in [-0.4, -0.2) is 10.3 Å². The second-order valence-electron chi connectivity index (χ2n) is 2.20. The van der Waals surface area contributed by atoms with E-state index in [4.69, 9.17) is 5.73 Å². The normalized spacial score (nSPS) is 8.75. The van der Waals surface area contributed by atoms with Crippen LogP contribution < -0.4 is 5.73 Å². The van der Waals surface area contributed by atoms with E-state index in [0.29, 0.717) is 5.69 Å². The van der Waals surface area contributed by atoms with Crippen molar-refractivity contribution >= 4 is 21.6 Å². The molecular weight excluding hydrogens is 216 g/mol. The van der Waals surface area contributed by atoms with Gasteiger partial charge in [0.1, 0.15) is 0 Å². The molecule has 0 aromatic carbocycles. The van der Waals surface area contributed by atoms with Crippen LogP contribution in [0, 0.1) is 11.8 Å². The molecule has 1 rings (SSSR count). The minimum absolute atomic E-state index is 0.687. The Bertz CT molecular complexity index is 312. The third-order valence-corrected chi connectivity index (χ3v) is 1.69. The van der Waals surface area contributed by atoms with Crippen LogP contribution in [0.1, 0.15) is 12.0 Å². The smallest absolute Gasteiger partial charge is 0.0658 e. The highest BCUT2D eigenvalue weighted by Gasteiger charge is 1.91. The molecule has 0 fully saturated rings. The van der Waals surface area contributed by atoms with Gasteiger partial charge in [0.15, 0.2) is 0 Å². The number of aromatic nitrogens is 1. The number of alkyl halides is 1. The molecule has 2 N–H and O–H groups in total. The molecule has 1 aromatic rings. The molecule has 0 aliphatic rings. The molecule has 0 amide bonds. The second-order valence-corrected chi connectivity index (χ2v) is 3.00. The summed E-state index contributed by atoms with van der Waals surface area (Å²) in [4.78, 5) is 3.93. The van der Waals surface area contributed by atoms with E-state index in [9.17, 15) is 0 Å². The van der Waals surface area contributed by atoms with Gasteiger partial charge in [-0.1, -0.05) is 27.8 Å². The van der Waals surface area contributed by atoms with Crippen LogP contribution in [0.4, 0.5) is 5.69 Å². The van der Waals surface area contributed by atoms with E-state index in [0.717, 1.165) is 17.3 Å². The molecule has 0 spiro atoms. The number of nitrogens with two attached hydrogens (primary N) is 1. The van der Waals surface area contributed by atoms with E-state index in [1.807, 2.05) is 0 Å². The topological polar surface area (TPSA) is 38.9 Å². The Morgan fingerprint density at radius 2 is 2.42 bits per heavy atom. The maximum atomic E-state index is 5.65. The van der Waals surface area contributed by atoms with Crippen molar-refractivity contribution in [1.29, 1.82) is 0 Å². The summed E-state index contributed by atoms with van der Waals surface area (Å²) in [6, 6.07) is 1.75. The quantitative estimate of drug-likeness (QED) is 0.584. The fourth-order valence-corrected chi connectivity index (χ4v) is 0.913. The monoisotopic (exact) mass is 224 g/mol. The van der Waals surface area contributed by atoms with Crippen molar-refractivity contribution in [2.24, 2.45) is 0 Å². The molecule has 0 unspecified atom stereocenters. The standard InChI is InChI=1S/C9H9BrN2/c10-5-2-1-3-8-7-12-6-4-9(8)11/h4,6-7H,2,5H2,(H2,11,12). The fraction of sp³-hybridized carbons (Fsp3) is 0.222. The van der Waals surface area contributed by atoms with Gasteiger partial charge in [-0.15, -0.1) is 0 Å². The highest BCUT2D eigenvalue weighted by molar-refractivity contribution is 9.09. The van der Waals surface area contributed by atoms with E-state index < -0.39 is 0 Å². The van der Waals surface area contributed by atoms with Gasteiger partial charge in [-0.2, -0.15) is 0 Å². The van der Waals surface area contributed by atoms with Gasteiger partial charge in [0, 0.05) is 24.1 Å². The van der Waals surface area contributed by atoms with E-state index in [-0.39, 0.29) is 0 Å². The summed E-state index contributed by atoms with van der Waals surface area (Å²) in [6.45, 7) is 0. The lowest BCUT2D eigenvalue weighted by Crippen LogP contribution is -1.90. The SMILES string of the molecule is Nc1ccncc1C#CCCBr. The first-order valence-electron chi connectivity index (χ1n) is 3.59. The summed E-state index contributed by atoms with van der Waals surface area (Å²) in [5.74, 6) is 5.92. The van der Waals surface area contributed by atoms with Crippen molar-refractivity contribution in [1.82, 2.24) is 4.98 Å². The van der Waals surface area contributed by atoms with E-state index in [1.165, 1.54) is 0 Å². The summed E-state index contributed by atoms with van der Waals surface area (Å²) in [5, 5.41) is 0.889. The minimum atomic E-state index is 0.687. The molecule has 0 saturated carbocycles. The van der Waals surface area contributed by atoms with Gasteiger partial charge >= 0.3 is 0 Å². The fourth-order valence-electron chi connectivity index (χ4n) is 0.715. The lowest BCUT2D eigenvalue weighted by atomic mass is 10.2. The highest BCUT2D eigenvalue weighted by atomic mass is 79.9. The summed E-state index contributed by atoms with van der Waals surface area (Å²) in [5.41, 5.74) is 7.14. The van der Waals surface area contributed by atoms with Crippen LogP contribution in [0.25, 0.3) is 0 Å². The zero-order chi connectivity index (χ0) is 8.81. The Hall–Kier alpha value is -1.01. The third kappa shape index (κ3) is 2.55. The van der Waals surface area contributed by atoms with Crippen LogP contribution in [0.15, 0.2) is 18.5 Å². The third-order valence-electron chi connectivity index (χ3n) is 1.30. The van der Waals surface area contributed by atoms with Gasteiger partial charge in [0.25, 0.3) is 0 Å². The maximum absolute atomic E-state index is 5.65. The van der Waals surface area contributed by atoms with E-state index >= 15 is 0 Å². The molecule has 1 heterocycles. The van der Waals surface area contributed by atoms with Gasteiger partial charge < -0.3 is 5.73 Å². The average Bonchev–Trinajstić information content (AvgIpc) is 2.09. The first kappa shape index (κ1) is 9.08. The number of pyridine rings is 1. The Morgan fingerprint density at radius 3 is 3.08 bits per heavy atom. The van der Waals surface area contributed by atoms with E-state index in [2.05, 4.69) is 32.8 Å². The number of rotatable bonds is 1. The van der Waals surface area contributed by atoms with Crippen molar-refractivity contribution in [3.05, 3.63) is 24.0 Å². The highest BCUT2D eigenvalue weighted by Crippen LogP contribution is 2.05. The molecule has 0 bridgehead atoms. The second kappa shape index (κ2) is 4.78. The van der Waals surface area contributed by atoms with Gasteiger partial charge in [0.05, 0.1) is 11.3 Å². The predicted molar refractivity (Wildman–Crippen MR) is 53.9 cm³/mol. The van der Waals surface area contributed by atoms with Gasteiger partial charge in [0.2, 0.25) is 0 Å². The maximum Gasteiger partial charge on any atom is 0.0658 e. The Balaban J connectivity index is 2.77. The van der Waals surface area contributed by atoms with Gasteiger partial charge in [-0.3, -0.25) is 4.98 Å². The molecule has 0 saturated heterocycles. The average molecular weight is 225 g/mol. The van der Waals surface area contributed by atoms with Crippen LogP contribution in [0.3, 0.4) is 0 Å². The summed E-state index contributed by atoms with van der Waals surface area (Å²) >= 11 is 3.29. The summed E-state index contributed by atoms with van der Waals surface area (Å²) < 4.78 is 0. The Labute approximate surface area is 80.3 Å². The molecular formula is C9H9BrN2. The molecule has 1 aromatic heterocycles. The summed E-state index contributed by atoms with van der Waals surface area (Å²) in [6.07, 6.45) is 4.16. The molecule has 3 heteroatoms. The van der Waals surface area contributed by atoms with Gasteiger partial charge in [-0.05, 0) is 6.07 Å². The largest absolute Gasteiger partial charge is 0.398 e. The lowest BCUT2D eigenvalue weighted by Gasteiger charge is -1.93. The minimum Gasteiger partial charge on any atom is -0.398 e. The molecule has 0 radical (unpaired) electrons. The zero-order valence-corrected chi connectivity index (χ0v) is 8.13. The molecule has 62 valence electrons. The van der Waals surface area contributed by atoms with Gasteiger partial charge in [-0.25, -0.2) is 0 Å².